The average Bonchev–Trinajstić information content (AvgIpc) is 2.06. The summed E-state index contributed by atoms with van der Waals surface area (Å²) in [5.41, 5.74) is 1.14. The number of nitrogens with one attached hydrogen (secondary N) is 1. The van der Waals surface area contributed by atoms with Gasteiger partial charge in [0.1, 0.15) is 0 Å². The Bertz CT molecular complexity index is 198. The highest BCUT2D eigenvalue weighted by Gasteiger charge is 2.23. The van der Waals surface area contributed by atoms with Crippen LogP contribution in [0.4, 0.5) is 0 Å². The first-order chi connectivity index (χ1) is 6.58. The Morgan fingerprint density at radius 1 is 1.57 bits per heavy atom. The van der Waals surface area contributed by atoms with E-state index in [-0.39, 0.29) is 18.0 Å². The van der Waals surface area contributed by atoms with Crippen LogP contribution in [0, 0.1) is 0 Å². The summed E-state index contributed by atoms with van der Waals surface area (Å²) in [4.78, 5) is 10.8. The fraction of sp³-hybridized carbons (Fsp3) is 0.700. The quantitative estimate of drug-likeness (QED) is 0.541. The van der Waals surface area contributed by atoms with E-state index in [2.05, 4.69) is 11.9 Å². The fourth-order valence-corrected chi connectivity index (χ4v) is 1.61. The minimum Gasteiger partial charge on any atom is -0.435 e. The van der Waals surface area contributed by atoms with Crippen LogP contribution in [0.25, 0.3) is 0 Å². The van der Waals surface area contributed by atoms with Crippen molar-refractivity contribution in [2.75, 3.05) is 0 Å². The van der Waals surface area contributed by atoms with Gasteiger partial charge in [-0.25, -0.2) is 0 Å². The lowest BCUT2D eigenvalue weighted by Crippen LogP contribution is -2.44. The molecule has 0 aromatic rings. The Balaban J connectivity index is 2.24. The zero-order chi connectivity index (χ0) is 10.6. The molecule has 0 saturated carbocycles. The summed E-state index contributed by atoms with van der Waals surface area (Å²) in [6, 6.07) is 0. The molecule has 2 atom stereocenters. The third kappa shape index (κ3) is 3.96. The molecule has 0 aromatic carbocycles. The van der Waals surface area contributed by atoms with Crippen LogP contribution < -0.4 is 5.32 Å². The van der Waals surface area contributed by atoms with Crippen LogP contribution >= 0.6 is 0 Å². The summed E-state index contributed by atoms with van der Waals surface area (Å²) in [5, 5.41) is 2.81. The molecule has 0 aromatic heterocycles. The molecule has 14 heavy (non-hydrogen) atoms. The summed E-state index contributed by atoms with van der Waals surface area (Å²) in [6.45, 7) is 7.38. The van der Waals surface area contributed by atoms with Crippen molar-refractivity contribution in [1.82, 2.24) is 5.32 Å². The first-order valence-corrected chi connectivity index (χ1v) is 4.98. The van der Waals surface area contributed by atoms with E-state index in [1.807, 2.05) is 6.92 Å². The molecule has 1 amide bonds. The van der Waals surface area contributed by atoms with Crippen molar-refractivity contribution in [2.45, 2.75) is 45.2 Å². The van der Waals surface area contributed by atoms with Crippen LogP contribution in [0.5, 0.6) is 0 Å². The lowest BCUT2D eigenvalue weighted by Gasteiger charge is -2.28. The van der Waals surface area contributed by atoms with Crippen LogP contribution in [-0.4, -0.2) is 25.4 Å². The molecule has 1 N–H and O–H groups in total. The smallest absolute Gasteiger partial charge is 0.317 e. The van der Waals surface area contributed by atoms with Gasteiger partial charge in [-0.05, 0) is 26.2 Å². The maximum absolute atomic E-state index is 10.8. The Morgan fingerprint density at radius 3 is 2.71 bits per heavy atom. The average molecular weight is 194 g/mol. The predicted octanol–water partition coefficient (Wildman–Crippen LogP) is 1.21. The Kier molecular flexibility index (Phi) is 4.20. The topological polar surface area (TPSA) is 38.3 Å². The van der Waals surface area contributed by atoms with Crippen molar-refractivity contribution in [1.29, 1.82) is 0 Å². The number of rotatable bonds is 3. The predicted molar refractivity (Wildman–Crippen MR) is 56.9 cm³/mol. The third-order valence-corrected chi connectivity index (χ3v) is 2.20. The molecule has 1 aliphatic rings. The Hall–Kier alpha value is -0.765. The first kappa shape index (κ1) is 11.3. The number of hydrogen-bond acceptors (Lipinski definition) is 2. The molecule has 1 rings (SSSR count). The summed E-state index contributed by atoms with van der Waals surface area (Å²) in [7, 11) is 1.73. The van der Waals surface area contributed by atoms with Gasteiger partial charge in [-0.15, -0.1) is 6.58 Å². The zero-order valence-electron chi connectivity index (χ0n) is 8.88. The van der Waals surface area contributed by atoms with E-state index in [1.165, 1.54) is 6.92 Å². The molecule has 3 nitrogen and oxygen atoms in total. The van der Waals surface area contributed by atoms with E-state index in [1.54, 1.807) is 7.48 Å². The summed E-state index contributed by atoms with van der Waals surface area (Å²) < 4.78 is 5.50. The number of carbonyl (C=O) groups is 1. The highest BCUT2D eigenvalue weighted by molar-refractivity contribution is 6.30. The lowest BCUT2D eigenvalue weighted by atomic mass is 9.79. The van der Waals surface area contributed by atoms with Crippen molar-refractivity contribution in [3.8, 4) is 0 Å². The summed E-state index contributed by atoms with van der Waals surface area (Å²) in [6.07, 6.45) is 3.09. The molecule has 77 valence electrons. The lowest BCUT2D eigenvalue weighted by molar-refractivity contribution is -0.119. The van der Waals surface area contributed by atoms with Crippen molar-refractivity contribution >= 4 is 13.4 Å². The van der Waals surface area contributed by atoms with E-state index in [0.717, 1.165) is 24.8 Å². The van der Waals surface area contributed by atoms with Gasteiger partial charge in [-0.3, -0.25) is 4.79 Å². The van der Waals surface area contributed by atoms with Crippen LogP contribution in [0.3, 0.4) is 0 Å². The molecule has 1 radical (unpaired) electrons. The highest BCUT2D eigenvalue weighted by atomic mass is 16.4. The minimum absolute atomic E-state index is 0.00630. The third-order valence-electron chi connectivity index (χ3n) is 2.20. The first-order valence-electron chi connectivity index (χ1n) is 4.98. The molecule has 1 heterocycles. The second kappa shape index (κ2) is 5.20. The van der Waals surface area contributed by atoms with Crippen molar-refractivity contribution < 1.29 is 9.45 Å². The van der Waals surface area contributed by atoms with Crippen LogP contribution in [-0.2, 0) is 9.45 Å². The molecule has 0 bridgehead atoms. The van der Waals surface area contributed by atoms with Gasteiger partial charge in [0.05, 0.1) is 0 Å². The molecule has 1 fully saturated rings. The molecular weight excluding hydrogens is 177 g/mol. The monoisotopic (exact) mass is 194 g/mol. The van der Waals surface area contributed by atoms with Gasteiger partial charge in [0, 0.05) is 19.0 Å². The standard InChI is InChI=1S/C10H17BNO2/c1-7(2)6-9-4-5-10(11-14-9)12-8(3)13/h9-10H,1,4-6H2,2-3H3,(H,12,13). The van der Waals surface area contributed by atoms with E-state index in [9.17, 15) is 4.79 Å². The van der Waals surface area contributed by atoms with Crippen LogP contribution in [0.2, 0.25) is 0 Å². The van der Waals surface area contributed by atoms with Crippen LogP contribution in [0.1, 0.15) is 33.1 Å². The van der Waals surface area contributed by atoms with Gasteiger partial charge < -0.3 is 9.97 Å². The Morgan fingerprint density at radius 2 is 2.29 bits per heavy atom. The van der Waals surface area contributed by atoms with Gasteiger partial charge >= 0.3 is 7.48 Å². The van der Waals surface area contributed by atoms with Crippen molar-refractivity contribution in [3.05, 3.63) is 12.2 Å². The second-order valence-corrected chi connectivity index (χ2v) is 3.94. The molecule has 0 aliphatic carbocycles. The highest BCUT2D eigenvalue weighted by Crippen LogP contribution is 2.17. The van der Waals surface area contributed by atoms with Gasteiger partial charge in [-0.2, -0.15) is 0 Å². The maximum atomic E-state index is 10.8. The summed E-state index contributed by atoms with van der Waals surface area (Å²) in [5.74, 6) is 0.0714. The van der Waals surface area contributed by atoms with E-state index < -0.39 is 0 Å². The largest absolute Gasteiger partial charge is 0.435 e. The van der Waals surface area contributed by atoms with Crippen molar-refractivity contribution in [3.63, 3.8) is 0 Å². The zero-order valence-corrected chi connectivity index (χ0v) is 8.88. The molecular formula is C10H17BNO2. The molecule has 0 spiro atoms. The molecule has 1 aliphatic heterocycles. The molecule has 4 heteroatoms. The minimum atomic E-state index is -0.00630. The number of carbonyl (C=O) groups excluding carboxylic acids is 1. The maximum Gasteiger partial charge on any atom is 0.317 e. The Labute approximate surface area is 86.2 Å². The van der Waals surface area contributed by atoms with E-state index >= 15 is 0 Å². The SMILES string of the molecule is C=C(C)CC1CCC(NC(C)=O)[B]O1. The second-order valence-electron chi connectivity index (χ2n) is 3.94. The molecule has 1 saturated heterocycles. The normalized spacial score (nSPS) is 26.4. The van der Waals surface area contributed by atoms with Gasteiger partial charge in [0.15, 0.2) is 0 Å². The fourth-order valence-electron chi connectivity index (χ4n) is 1.61. The van der Waals surface area contributed by atoms with Gasteiger partial charge in [0.25, 0.3) is 0 Å². The number of hydrogen-bond donors (Lipinski definition) is 1. The van der Waals surface area contributed by atoms with E-state index in [0.29, 0.717) is 0 Å². The molecule has 2 unspecified atom stereocenters. The van der Waals surface area contributed by atoms with Crippen molar-refractivity contribution in [2.24, 2.45) is 0 Å². The van der Waals surface area contributed by atoms with Gasteiger partial charge in [-0.1, -0.05) is 5.57 Å². The number of amides is 1. The van der Waals surface area contributed by atoms with Gasteiger partial charge in [0.2, 0.25) is 5.91 Å². The van der Waals surface area contributed by atoms with Crippen LogP contribution in [0.15, 0.2) is 12.2 Å². The van der Waals surface area contributed by atoms with E-state index in [4.69, 9.17) is 4.65 Å². The summed E-state index contributed by atoms with van der Waals surface area (Å²) >= 11 is 0.